The molecule has 1 saturated heterocycles. The number of β-lactam (4-membered cyclic amide) rings is 1. The van der Waals surface area contributed by atoms with Crippen LogP contribution in [0.4, 0.5) is 5.69 Å². The third-order valence-corrected chi connectivity index (χ3v) is 4.84. The molecule has 0 bridgehead atoms. The predicted octanol–water partition coefficient (Wildman–Crippen LogP) is 2.30. The van der Waals surface area contributed by atoms with Gasteiger partial charge in [-0.15, -0.1) is 11.8 Å². The summed E-state index contributed by atoms with van der Waals surface area (Å²) in [5, 5.41) is 0. The largest absolute Gasteiger partial charge is 0.369 e. The van der Waals surface area contributed by atoms with Crippen molar-refractivity contribution in [2.45, 2.75) is 35.6 Å². The minimum Gasteiger partial charge on any atom is -0.369 e. The predicted molar refractivity (Wildman–Crippen MR) is 68.4 cm³/mol. The van der Waals surface area contributed by atoms with Crippen molar-refractivity contribution in [1.82, 2.24) is 0 Å². The van der Waals surface area contributed by atoms with E-state index in [2.05, 4.69) is 19.9 Å². The summed E-state index contributed by atoms with van der Waals surface area (Å²) < 4.78 is 5.30. The van der Waals surface area contributed by atoms with Crippen LogP contribution in [-0.4, -0.2) is 29.9 Å². The van der Waals surface area contributed by atoms with E-state index in [-0.39, 0.29) is 22.8 Å². The van der Waals surface area contributed by atoms with Crippen LogP contribution in [0, 0.1) is 0 Å². The molecular weight excluding hydrogens is 234 g/mol. The third-order valence-electron chi connectivity index (χ3n) is 3.51. The van der Waals surface area contributed by atoms with Gasteiger partial charge in [-0.05, 0) is 26.0 Å². The second-order valence-corrected chi connectivity index (χ2v) is 6.68. The summed E-state index contributed by atoms with van der Waals surface area (Å²) in [5.74, 6) is 0.0818. The first-order valence-electron chi connectivity index (χ1n) is 5.70. The lowest BCUT2D eigenvalue weighted by Crippen LogP contribution is -2.73. The molecule has 3 rings (SSSR count). The zero-order valence-corrected chi connectivity index (χ0v) is 11.0. The van der Waals surface area contributed by atoms with E-state index < -0.39 is 0 Å². The Balaban J connectivity index is 2.09. The topological polar surface area (TPSA) is 29.5 Å². The molecule has 4 heteroatoms. The second-order valence-electron chi connectivity index (χ2n) is 4.98. The van der Waals surface area contributed by atoms with Crippen molar-refractivity contribution in [3.05, 3.63) is 24.3 Å². The Labute approximate surface area is 105 Å². The van der Waals surface area contributed by atoms with E-state index in [1.54, 1.807) is 7.11 Å². The van der Waals surface area contributed by atoms with E-state index in [0.717, 1.165) is 5.69 Å². The lowest BCUT2D eigenvalue weighted by molar-refractivity contribution is -0.140. The first kappa shape index (κ1) is 11.1. The highest BCUT2D eigenvalue weighted by Crippen LogP contribution is 2.52. The SMILES string of the molecule is CO[C@@H]1C(=O)N2c3ccccc3SC(C)(C)[C@@H]12. The Morgan fingerprint density at radius 1 is 1.35 bits per heavy atom. The third kappa shape index (κ3) is 1.37. The quantitative estimate of drug-likeness (QED) is 0.715. The molecule has 1 fully saturated rings. The number of para-hydroxylation sites is 1. The number of carbonyl (C=O) groups is 1. The van der Waals surface area contributed by atoms with Crippen molar-refractivity contribution in [3.63, 3.8) is 0 Å². The number of rotatable bonds is 1. The molecule has 2 aliphatic heterocycles. The Morgan fingerprint density at radius 2 is 2.06 bits per heavy atom. The molecule has 2 atom stereocenters. The highest BCUT2D eigenvalue weighted by atomic mass is 32.2. The van der Waals surface area contributed by atoms with Gasteiger partial charge in [-0.1, -0.05) is 12.1 Å². The number of thioether (sulfide) groups is 1. The van der Waals surface area contributed by atoms with Crippen molar-refractivity contribution >= 4 is 23.4 Å². The minimum atomic E-state index is -0.286. The highest BCUT2D eigenvalue weighted by molar-refractivity contribution is 8.01. The van der Waals surface area contributed by atoms with E-state index in [9.17, 15) is 4.79 Å². The molecule has 0 N–H and O–H groups in total. The number of amides is 1. The smallest absolute Gasteiger partial charge is 0.258 e. The van der Waals surface area contributed by atoms with Gasteiger partial charge in [-0.2, -0.15) is 0 Å². The molecular formula is C13H15NO2S. The van der Waals surface area contributed by atoms with Gasteiger partial charge in [-0.3, -0.25) is 4.79 Å². The Morgan fingerprint density at radius 3 is 2.76 bits per heavy atom. The molecule has 2 heterocycles. The van der Waals surface area contributed by atoms with Crippen LogP contribution < -0.4 is 4.90 Å². The summed E-state index contributed by atoms with van der Waals surface area (Å²) in [4.78, 5) is 15.1. The van der Waals surface area contributed by atoms with Crippen LogP contribution in [0.1, 0.15) is 13.8 Å². The van der Waals surface area contributed by atoms with Crippen LogP contribution in [0.15, 0.2) is 29.2 Å². The molecule has 3 nitrogen and oxygen atoms in total. The number of anilines is 1. The maximum absolute atomic E-state index is 12.1. The Bertz CT molecular complexity index is 486. The Hall–Kier alpha value is -1.00. The summed E-state index contributed by atoms with van der Waals surface area (Å²) in [6.07, 6.45) is -0.286. The fraction of sp³-hybridized carbons (Fsp3) is 0.462. The standard InChI is InChI=1S/C13H15NO2S/c1-13(2)11-10(16-3)12(15)14(11)8-6-4-5-7-9(8)17-13/h4-7,10-11H,1-3H3/t10-,11+/m0/s1. The van der Waals surface area contributed by atoms with Gasteiger partial charge in [0.05, 0.1) is 11.7 Å². The van der Waals surface area contributed by atoms with Crippen molar-refractivity contribution in [1.29, 1.82) is 0 Å². The zero-order valence-electron chi connectivity index (χ0n) is 10.1. The number of methoxy groups -OCH3 is 1. The van der Waals surface area contributed by atoms with Gasteiger partial charge in [0.2, 0.25) is 0 Å². The lowest BCUT2D eigenvalue weighted by atomic mass is 9.86. The minimum absolute atomic E-state index is 0.0110. The number of hydrogen-bond acceptors (Lipinski definition) is 3. The molecule has 90 valence electrons. The summed E-state index contributed by atoms with van der Waals surface area (Å²) in [6.45, 7) is 4.34. The fourth-order valence-electron chi connectivity index (χ4n) is 2.72. The molecule has 0 spiro atoms. The molecule has 0 radical (unpaired) electrons. The first-order chi connectivity index (χ1) is 8.06. The zero-order chi connectivity index (χ0) is 12.2. The van der Waals surface area contributed by atoms with Gasteiger partial charge < -0.3 is 9.64 Å². The van der Waals surface area contributed by atoms with Gasteiger partial charge >= 0.3 is 0 Å². The maximum atomic E-state index is 12.1. The van der Waals surface area contributed by atoms with Gasteiger partial charge in [-0.25, -0.2) is 0 Å². The normalized spacial score (nSPS) is 29.4. The van der Waals surface area contributed by atoms with Crippen LogP contribution in [0.2, 0.25) is 0 Å². The van der Waals surface area contributed by atoms with E-state index in [0.29, 0.717) is 0 Å². The summed E-state index contributed by atoms with van der Waals surface area (Å²) in [5.41, 5.74) is 1.03. The molecule has 1 aromatic rings. The molecule has 2 aliphatic rings. The van der Waals surface area contributed by atoms with E-state index in [1.807, 2.05) is 34.9 Å². The molecule has 0 unspecified atom stereocenters. The van der Waals surface area contributed by atoms with Crippen molar-refractivity contribution in [3.8, 4) is 0 Å². The van der Waals surface area contributed by atoms with Crippen LogP contribution in [0.5, 0.6) is 0 Å². The van der Waals surface area contributed by atoms with Gasteiger partial charge in [0.25, 0.3) is 5.91 Å². The summed E-state index contributed by atoms with van der Waals surface area (Å²) >= 11 is 1.82. The van der Waals surface area contributed by atoms with Crippen LogP contribution >= 0.6 is 11.8 Å². The maximum Gasteiger partial charge on any atom is 0.258 e. The average molecular weight is 249 g/mol. The first-order valence-corrected chi connectivity index (χ1v) is 6.52. The summed E-state index contributed by atoms with van der Waals surface area (Å²) in [7, 11) is 1.61. The molecule has 0 aliphatic carbocycles. The molecule has 0 aromatic heterocycles. The number of benzene rings is 1. The van der Waals surface area contributed by atoms with E-state index in [1.165, 1.54) is 4.90 Å². The van der Waals surface area contributed by atoms with Crippen molar-refractivity contribution in [2.75, 3.05) is 12.0 Å². The van der Waals surface area contributed by atoms with Crippen molar-refractivity contribution < 1.29 is 9.53 Å². The second kappa shape index (κ2) is 3.50. The highest BCUT2D eigenvalue weighted by Gasteiger charge is 2.58. The number of nitrogens with zero attached hydrogens (tertiary/aromatic N) is 1. The molecule has 17 heavy (non-hydrogen) atoms. The lowest BCUT2D eigenvalue weighted by Gasteiger charge is -2.56. The summed E-state index contributed by atoms with van der Waals surface area (Å²) in [6, 6.07) is 8.21. The van der Waals surface area contributed by atoms with E-state index >= 15 is 0 Å². The van der Waals surface area contributed by atoms with Gasteiger partial charge in [0.15, 0.2) is 6.10 Å². The molecule has 1 amide bonds. The molecule has 1 aromatic carbocycles. The van der Waals surface area contributed by atoms with Crippen LogP contribution in [0.25, 0.3) is 0 Å². The van der Waals surface area contributed by atoms with Crippen LogP contribution in [0.3, 0.4) is 0 Å². The number of ether oxygens (including phenoxy) is 1. The van der Waals surface area contributed by atoms with E-state index in [4.69, 9.17) is 4.74 Å². The Kier molecular flexibility index (Phi) is 2.28. The monoisotopic (exact) mass is 249 g/mol. The average Bonchev–Trinajstić information content (AvgIpc) is 2.27. The molecule has 0 saturated carbocycles. The fourth-order valence-corrected chi connectivity index (χ4v) is 4.06. The van der Waals surface area contributed by atoms with Crippen LogP contribution in [-0.2, 0) is 9.53 Å². The number of hydrogen-bond donors (Lipinski definition) is 0. The number of carbonyl (C=O) groups excluding carboxylic acids is 1. The number of fused-ring (bicyclic) bond motifs is 3. The van der Waals surface area contributed by atoms with Gasteiger partial charge in [0, 0.05) is 16.8 Å². The van der Waals surface area contributed by atoms with Crippen molar-refractivity contribution in [2.24, 2.45) is 0 Å². The van der Waals surface area contributed by atoms with Gasteiger partial charge in [0.1, 0.15) is 0 Å².